The number of nitrogens with one attached hydrogen (secondary N) is 1. The van der Waals surface area contributed by atoms with Gasteiger partial charge >= 0.3 is 0 Å². The van der Waals surface area contributed by atoms with Gasteiger partial charge in [-0.3, -0.25) is 9.79 Å². The third-order valence-electron chi connectivity index (χ3n) is 5.61. The monoisotopic (exact) mass is 500 g/mol. The molecule has 0 bridgehead atoms. The van der Waals surface area contributed by atoms with E-state index in [-0.39, 0.29) is 29.9 Å². The first-order valence-electron chi connectivity index (χ1n) is 10.1. The molecule has 2 saturated heterocycles. The lowest BCUT2D eigenvalue weighted by molar-refractivity contribution is -0.140. The molecular formula is C21H33IN4O2. The summed E-state index contributed by atoms with van der Waals surface area (Å²) in [5, 5.41) is 3.50. The van der Waals surface area contributed by atoms with Gasteiger partial charge in [0.1, 0.15) is 0 Å². The summed E-state index contributed by atoms with van der Waals surface area (Å²) in [5.74, 6) is 1.37. The Morgan fingerprint density at radius 1 is 1.11 bits per heavy atom. The van der Waals surface area contributed by atoms with Gasteiger partial charge in [0.2, 0.25) is 5.91 Å². The topological polar surface area (TPSA) is 57.2 Å². The minimum absolute atomic E-state index is 0. The van der Waals surface area contributed by atoms with Gasteiger partial charge in [0.25, 0.3) is 0 Å². The van der Waals surface area contributed by atoms with Crippen molar-refractivity contribution in [1.29, 1.82) is 0 Å². The van der Waals surface area contributed by atoms with Crippen LogP contribution in [0.15, 0.2) is 29.3 Å². The molecule has 0 spiro atoms. The Morgan fingerprint density at radius 2 is 1.75 bits per heavy atom. The van der Waals surface area contributed by atoms with E-state index in [1.165, 1.54) is 11.1 Å². The minimum atomic E-state index is 0. The number of nitrogens with zero attached hydrogens (tertiary/aromatic N) is 3. The minimum Gasteiger partial charge on any atom is -0.378 e. The van der Waals surface area contributed by atoms with Crippen LogP contribution in [-0.2, 0) is 22.5 Å². The van der Waals surface area contributed by atoms with E-state index in [0.717, 1.165) is 57.9 Å². The number of rotatable bonds is 4. The number of carbonyl (C=O) groups excluding carboxylic acids is 1. The van der Waals surface area contributed by atoms with Crippen molar-refractivity contribution in [1.82, 2.24) is 15.1 Å². The lowest BCUT2D eigenvalue weighted by atomic mass is 9.95. The molecule has 0 aliphatic carbocycles. The number of carbonyl (C=O) groups is 1. The summed E-state index contributed by atoms with van der Waals surface area (Å²) in [6.45, 7) is 7.51. The zero-order chi connectivity index (χ0) is 19.1. The van der Waals surface area contributed by atoms with Crippen molar-refractivity contribution in [3.05, 3.63) is 35.4 Å². The van der Waals surface area contributed by atoms with Gasteiger partial charge in [-0.15, -0.1) is 24.0 Å². The highest BCUT2D eigenvalue weighted by molar-refractivity contribution is 14.0. The van der Waals surface area contributed by atoms with Crippen LogP contribution in [0.2, 0.25) is 0 Å². The van der Waals surface area contributed by atoms with E-state index in [9.17, 15) is 4.79 Å². The van der Waals surface area contributed by atoms with Crippen LogP contribution in [0.4, 0.5) is 0 Å². The molecule has 7 heteroatoms. The Hall–Kier alpha value is -1.35. The third kappa shape index (κ3) is 5.83. The van der Waals surface area contributed by atoms with Gasteiger partial charge in [0.05, 0.1) is 13.2 Å². The van der Waals surface area contributed by atoms with E-state index < -0.39 is 0 Å². The first kappa shape index (κ1) is 22.9. The first-order chi connectivity index (χ1) is 13.2. The molecule has 0 aromatic heterocycles. The van der Waals surface area contributed by atoms with Crippen LogP contribution in [0.25, 0.3) is 0 Å². The van der Waals surface area contributed by atoms with E-state index in [2.05, 4.69) is 46.4 Å². The molecule has 1 N–H and O–H groups in total. The lowest BCUT2D eigenvalue weighted by Crippen LogP contribution is -2.49. The summed E-state index contributed by atoms with van der Waals surface area (Å²) in [6.07, 6.45) is 2.82. The number of hydrogen-bond acceptors (Lipinski definition) is 3. The van der Waals surface area contributed by atoms with Gasteiger partial charge in [-0.05, 0) is 30.4 Å². The van der Waals surface area contributed by atoms with Crippen molar-refractivity contribution >= 4 is 35.8 Å². The van der Waals surface area contributed by atoms with Gasteiger partial charge in [-0.2, -0.15) is 0 Å². The number of aliphatic imine (C=N–C) groups is 1. The maximum atomic E-state index is 12.7. The maximum absolute atomic E-state index is 12.7. The molecule has 0 radical (unpaired) electrons. The molecule has 2 heterocycles. The van der Waals surface area contributed by atoms with Gasteiger partial charge in [0.15, 0.2) is 5.96 Å². The fourth-order valence-corrected chi connectivity index (χ4v) is 3.96. The summed E-state index contributed by atoms with van der Waals surface area (Å²) >= 11 is 0. The van der Waals surface area contributed by atoms with Crippen molar-refractivity contribution < 1.29 is 9.53 Å². The Labute approximate surface area is 185 Å². The number of guanidine groups is 1. The van der Waals surface area contributed by atoms with E-state index in [4.69, 9.17) is 4.74 Å². The first-order valence-corrected chi connectivity index (χ1v) is 10.1. The number of morpholine rings is 1. The van der Waals surface area contributed by atoms with Crippen molar-refractivity contribution in [2.45, 2.75) is 32.7 Å². The molecule has 1 aromatic rings. The largest absolute Gasteiger partial charge is 0.378 e. The highest BCUT2D eigenvalue weighted by Gasteiger charge is 2.30. The second-order valence-corrected chi connectivity index (χ2v) is 7.22. The average Bonchev–Trinajstić information content (AvgIpc) is 2.75. The van der Waals surface area contributed by atoms with E-state index in [0.29, 0.717) is 19.1 Å². The molecule has 1 aromatic carbocycles. The fourth-order valence-electron chi connectivity index (χ4n) is 3.96. The summed E-state index contributed by atoms with van der Waals surface area (Å²) in [5.41, 5.74) is 2.69. The molecule has 0 unspecified atom stereocenters. The molecule has 3 rings (SSSR count). The van der Waals surface area contributed by atoms with Crippen molar-refractivity contribution in [2.75, 3.05) is 46.4 Å². The van der Waals surface area contributed by atoms with E-state index in [1.807, 2.05) is 11.9 Å². The molecule has 28 heavy (non-hydrogen) atoms. The van der Waals surface area contributed by atoms with Gasteiger partial charge in [0, 0.05) is 45.7 Å². The van der Waals surface area contributed by atoms with Crippen LogP contribution in [0.5, 0.6) is 0 Å². The molecule has 6 nitrogen and oxygen atoms in total. The summed E-state index contributed by atoms with van der Waals surface area (Å²) < 4.78 is 5.35. The second-order valence-electron chi connectivity index (χ2n) is 7.22. The molecule has 0 atom stereocenters. The van der Waals surface area contributed by atoms with Crippen LogP contribution in [-0.4, -0.2) is 68.1 Å². The molecule has 156 valence electrons. The number of piperidine rings is 1. The normalized spacial score (nSPS) is 18.6. The van der Waals surface area contributed by atoms with Gasteiger partial charge in [-0.25, -0.2) is 0 Å². The maximum Gasteiger partial charge on any atom is 0.225 e. The zero-order valence-electron chi connectivity index (χ0n) is 17.0. The molecule has 1 amide bonds. The standard InChI is InChI=1S/C21H32N4O2.HI/c1-3-17-6-4-5-7-19(17)16-23-21(22-2)25-10-8-18(9-11-25)20(26)24-12-14-27-15-13-24;/h4-7,18H,3,8-16H2,1-2H3,(H,22,23);1H. The number of ether oxygens (including phenoxy) is 1. The lowest BCUT2D eigenvalue weighted by Gasteiger charge is -2.36. The highest BCUT2D eigenvalue weighted by atomic mass is 127. The Balaban J connectivity index is 0.00000280. The SMILES string of the molecule is CCc1ccccc1CNC(=NC)N1CCC(C(=O)N2CCOCC2)CC1.I. The quantitative estimate of drug-likeness (QED) is 0.392. The second kappa shape index (κ2) is 11.6. The number of benzene rings is 1. The number of halogens is 1. The number of hydrogen-bond donors (Lipinski definition) is 1. The Morgan fingerprint density at radius 3 is 2.36 bits per heavy atom. The summed E-state index contributed by atoms with van der Waals surface area (Å²) in [4.78, 5) is 21.4. The van der Waals surface area contributed by atoms with Crippen LogP contribution in [0, 0.1) is 5.92 Å². The highest BCUT2D eigenvalue weighted by Crippen LogP contribution is 2.20. The van der Waals surface area contributed by atoms with Crippen LogP contribution in [0.3, 0.4) is 0 Å². The molecule has 2 aliphatic heterocycles. The number of aryl methyl sites for hydroxylation is 1. The number of likely N-dealkylation sites (tertiary alicyclic amines) is 1. The molecule has 2 fully saturated rings. The summed E-state index contributed by atoms with van der Waals surface area (Å²) in [7, 11) is 1.83. The molecule has 0 saturated carbocycles. The molecule has 2 aliphatic rings. The van der Waals surface area contributed by atoms with Crippen molar-refractivity contribution in [3.8, 4) is 0 Å². The fraction of sp³-hybridized carbons (Fsp3) is 0.619. The van der Waals surface area contributed by atoms with Crippen LogP contribution >= 0.6 is 24.0 Å². The zero-order valence-corrected chi connectivity index (χ0v) is 19.4. The van der Waals surface area contributed by atoms with E-state index >= 15 is 0 Å². The predicted octanol–water partition coefficient (Wildman–Crippen LogP) is 2.51. The average molecular weight is 500 g/mol. The van der Waals surface area contributed by atoms with Crippen LogP contribution in [0.1, 0.15) is 30.9 Å². The Bertz CT molecular complexity index is 654. The smallest absolute Gasteiger partial charge is 0.225 e. The van der Waals surface area contributed by atoms with Crippen LogP contribution < -0.4 is 5.32 Å². The van der Waals surface area contributed by atoms with Gasteiger partial charge in [-0.1, -0.05) is 31.2 Å². The Kier molecular flexibility index (Phi) is 9.50. The molecular weight excluding hydrogens is 467 g/mol. The van der Waals surface area contributed by atoms with Gasteiger partial charge < -0.3 is 19.9 Å². The van der Waals surface area contributed by atoms with E-state index in [1.54, 1.807) is 0 Å². The third-order valence-corrected chi connectivity index (χ3v) is 5.61. The van der Waals surface area contributed by atoms with Crippen molar-refractivity contribution in [3.63, 3.8) is 0 Å². The number of amides is 1. The summed E-state index contributed by atoms with van der Waals surface area (Å²) in [6, 6.07) is 8.53. The predicted molar refractivity (Wildman–Crippen MR) is 123 cm³/mol. The van der Waals surface area contributed by atoms with Crippen molar-refractivity contribution in [2.24, 2.45) is 10.9 Å².